The zero-order valence-corrected chi connectivity index (χ0v) is 14.9. The van der Waals surface area contributed by atoms with Gasteiger partial charge < -0.3 is 14.9 Å². The number of nitrogen functional groups attached to an aromatic ring is 1. The van der Waals surface area contributed by atoms with Crippen molar-refractivity contribution in [3.63, 3.8) is 0 Å². The Bertz CT molecular complexity index is 824. The fourth-order valence-corrected chi connectivity index (χ4v) is 2.61. The summed E-state index contributed by atoms with van der Waals surface area (Å²) in [5, 5.41) is 6.79. The number of nitrogens with two attached hydrogens (primary N) is 1. The zero-order chi connectivity index (χ0) is 18.2. The smallest absolute Gasteiger partial charge is 0.152 e. The van der Waals surface area contributed by atoms with E-state index in [0.29, 0.717) is 13.2 Å². The first-order valence-electron chi connectivity index (χ1n) is 8.55. The Balaban J connectivity index is 1.34. The molecule has 1 aromatic carbocycles. The lowest BCUT2D eigenvalue weighted by Crippen LogP contribution is -2.17. The number of rotatable bonds is 9. The highest BCUT2D eigenvalue weighted by Gasteiger charge is 2.05. The van der Waals surface area contributed by atoms with E-state index in [4.69, 9.17) is 14.9 Å². The maximum absolute atomic E-state index is 5.80. The van der Waals surface area contributed by atoms with Gasteiger partial charge in [0.2, 0.25) is 0 Å². The van der Waals surface area contributed by atoms with Crippen molar-refractivity contribution in [2.75, 3.05) is 25.9 Å². The predicted molar refractivity (Wildman–Crippen MR) is 102 cm³/mol. The first-order valence-corrected chi connectivity index (χ1v) is 8.55. The van der Waals surface area contributed by atoms with Crippen molar-refractivity contribution >= 4 is 5.69 Å². The highest BCUT2D eigenvalue weighted by atomic mass is 16.5. The molecule has 26 heavy (non-hydrogen) atoms. The van der Waals surface area contributed by atoms with E-state index in [2.05, 4.69) is 34.3 Å². The summed E-state index contributed by atoms with van der Waals surface area (Å²) in [5.41, 5.74) is 8.68. The molecule has 0 saturated carbocycles. The molecule has 0 aliphatic rings. The van der Waals surface area contributed by atoms with Crippen molar-refractivity contribution in [1.82, 2.24) is 15.1 Å². The number of furan rings is 1. The van der Waals surface area contributed by atoms with Crippen molar-refractivity contribution < 1.29 is 9.15 Å². The Labute approximate surface area is 153 Å². The van der Waals surface area contributed by atoms with E-state index in [1.165, 1.54) is 5.56 Å². The average Bonchev–Trinajstić information content (AvgIpc) is 3.29. The normalized spacial score (nSPS) is 11.6. The van der Waals surface area contributed by atoms with Crippen LogP contribution >= 0.6 is 0 Å². The number of ether oxygens (including phenoxy) is 1. The van der Waals surface area contributed by atoms with Crippen LogP contribution in [0.25, 0.3) is 11.5 Å². The zero-order valence-electron chi connectivity index (χ0n) is 14.9. The van der Waals surface area contributed by atoms with Crippen LogP contribution in [0.2, 0.25) is 0 Å². The van der Waals surface area contributed by atoms with Crippen molar-refractivity contribution in [3.05, 3.63) is 72.1 Å². The third-order valence-electron chi connectivity index (χ3n) is 3.87. The van der Waals surface area contributed by atoms with Gasteiger partial charge in [0.1, 0.15) is 18.1 Å². The molecule has 0 unspecified atom stereocenters. The lowest BCUT2D eigenvalue weighted by molar-refractivity contribution is 0.132. The van der Waals surface area contributed by atoms with Crippen LogP contribution in [0.1, 0.15) is 11.3 Å². The van der Waals surface area contributed by atoms with Gasteiger partial charge in [0.15, 0.2) is 5.76 Å². The number of aromatic amines is 1. The van der Waals surface area contributed by atoms with Gasteiger partial charge in [0.05, 0.1) is 6.61 Å². The quantitative estimate of drug-likeness (QED) is 0.350. The number of likely N-dealkylation sites (N-methyl/N-ethyl adjacent to an activating group) is 1. The van der Waals surface area contributed by atoms with Gasteiger partial charge >= 0.3 is 0 Å². The van der Waals surface area contributed by atoms with Crippen LogP contribution in [0.5, 0.6) is 0 Å². The summed E-state index contributed by atoms with van der Waals surface area (Å²) in [7, 11) is 2.08. The first-order chi connectivity index (χ1) is 12.7. The first kappa shape index (κ1) is 18.0. The van der Waals surface area contributed by atoms with Gasteiger partial charge in [-0.05, 0) is 42.9 Å². The van der Waals surface area contributed by atoms with Gasteiger partial charge in [-0.25, -0.2) is 0 Å². The fourth-order valence-electron chi connectivity index (χ4n) is 2.61. The summed E-state index contributed by atoms with van der Waals surface area (Å²) in [6.07, 6.45) is 5.82. The van der Waals surface area contributed by atoms with E-state index in [1.54, 1.807) is 6.20 Å². The van der Waals surface area contributed by atoms with Crippen molar-refractivity contribution in [1.29, 1.82) is 0 Å². The van der Waals surface area contributed by atoms with Crippen molar-refractivity contribution in [2.24, 2.45) is 0 Å². The summed E-state index contributed by atoms with van der Waals surface area (Å²) in [4.78, 5) is 2.22. The second-order valence-electron chi connectivity index (χ2n) is 6.16. The van der Waals surface area contributed by atoms with E-state index >= 15 is 0 Å². The third-order valence-corrected chi connectivity index (χ3v) is 3.87. The van der Waals surface area contributed by atoms with Gasteiger partial charge in [0, 0.05) is 25.0 Å². The molecule has 3 N–H and O–H groups in total. The predicted octanol–water partition coefficient (Wildman–Crippen LogP) is 3.46. The molecule has 3 aromatic rings. The van der Waals surface area contributed by atoms with Crippen molar-refractivity contribution in [3.8, 4) is 11.5 Å². The van der Waals surface area contributed by atoms with E-state index in [1.807, 2.05) is 42.5 Å². The number of nitrogens with zero attached hydrogens (tertiary/aromatic N) is 2. The number of H-pyrrole nitrogens is 1. The Morgan fingerprint density at radius 1 is 1.23 bits per heavy atom. The van der Waals surface area contributed by atoms with Gasteiger partial charge in [-0.3, -0.25) is 10.00 Å². The molecule has 136 valence electrons. The molecule has 6 heteroatoms. The summed E-state index contributed by atoms with van der Waals surface area (Å²) in [6.45, 7) is 2.70. The van der Waals surface area contributed by atoms with Crippen LogP contribution in [-0.2, 0) is 17.9 Å². The molecule has 0 spiro atoms. The number of anilines is 1. The Kier molecular flexibility index (Phi) is 6.24. The van der Waals surface area contributed by atoms with Gasteiger partial charge in [-0.2, -0.15) is 5.10 Å². The molecular weight excluding hydrogens is 328 g/mol. The minimum Gasteiger partial charge on any atom is -0.457 e. The molecule has 0 saturated heterocycles. The van der Waals surface area contributed by atoms with E-state index in [-0.39, 0.29) is 0 Å². The van der Waals surface area contributed by atoms with Gasteiger partial charge in [0.25, 0.3) is 0 Å². The Morgan fingerprint density at radius 2 is 2.15 bits per heavy atom. The van der Waals surface area contributed by atoms with E-state index in [9.17, 15) is 0 Å². The largest absolute Gasteiger partial charge is 0.457 e. The molecular formula is C20H24N4O2. The molecule has 2 aromatic heterocycles. The molecule has 0 amide bonds. The molecule has 2 heterocycles. The highest BCUT2D eigenvalue weighted by Crippen LogP contribution is 2.19. The van der Waals surface area contributed by atoms with Crippen LogP contribution in [-0.4, -0.2) is 35.3 Å². The minimum atomic E-state index is 0.442. The number of hydrogen-bond donors (Lipinski definition) is 2. The lowest BCUT2D eigenvalue weighted by atomic mass is 10.2. The molecule has 6 nitrogen and oxygen atoms in total. The number of aromatic nitrogens is 2. The van der Waals surface area contributed by atoms with Crippen LogP contribution < -0.4 is 5.73 Å². The molecule has 0 atom stereocenters. The Hall–Kier alpha value is -2.83. The van der Waals surface area contributed by atoms with Gasteiger partial charge in [-0.15, -0.1) is 0 Å². The standard InChI is InChI=1S/C20H24N4O2/c1-24(14-16-5-4-6-17(21)13-16)11-2-3-12-25-15-18-7-8-20(26-18)19-9-10-22-23-19/h2-10,13H,11-12,14-15,21H2,1H3,(H,22,23)/b3-2+. The Morgan fingerprint density at radius 3 is 2.96 bits per heavy atom. The average molecular weight is 352 g/mol. The van der Waals surface area contributed by atoms with Gasteiger partial charge in [-0.1, -0.05) is 24.3 Å². The maximum atomic E-state index is 5.80. The SMILES string of the molecule is CN(C/C=C/COCc1ccc(-c2ccn[nH]2)o1)Cc1cccc(N)c1. The summed E-state index contributed by atoms with van der Waals surface area (Å²) < 4.78 is 11.3. The van der Waals surface area contributed by atoms with Crippen LogP contribution in [0.4, 0.5) is 5.69 Å². The van der Waals surface area contributed by atoms with Crippen LogP contribution in [0.3, 0.4) is 0 Å². The lowest BCUT2D eigenvalue weighted by Gasteiger charge is -2.14. The van der Waals surface area contributed by atoms with E-state index < -0.39 is 0 Å². The maximum Gasteiger partial charge on any atom is 0.152 e. The molecule has 3 rings (SSSR count). The molecule has 0 fully saturated rings. The molecule has 0 radical (unpaired) electrons. The van der Waals surface area contributed by atoms with Crippen molar-refractivity contribution in [2.45, 2.75) is 13.2 Å². The highest BCUT2D eigenvalue weighted by molar-refractivity contribution is 5.51. The number of benzene rings is 1. The summed E-state index contributed by atoms with van der Waals surface area (Å²) in [6, 6.07) is 13.7. The molecule has 0 aliphatic heterocycles. The monoisotopic (exact) mass is 352 g/mol. The molecule has 0 aliphatic carbocycles. The second kappa shape index (κ2) is 9.03. The van der Waals surface area contributed by atoms with E-state index in [0.717, 1.165) is 36.0 Å². The van der Waals surface area contributed by atoms with Crippen LogP contribution in [0, 0.1) is 0 Å². The van der Waals surface area contributed by atoms with Crippen LogP contribution in [0.15, 0.2) is 65.2 Å². The fraction of sp³-hybridized carbons (Fsp3) is 0.250. The number of nitrogens with one attached hydrogen (secondary N) is 1. The molecule has 0 bridgehead atoms. The minimum absolute atomic E-state index is 0.442. The summed E-state index contributed by atoms with van der Waals surface area (Å²) >= 11 is 0. The number of hydrogen-bond acceptors (Lipinski definition) is 5. The third kappa shape index (κ3) is 5.34. The second-order valence-corrected chi connectivity index (χ2v) is 6.16. The summed E-state index contributed by atoms with van der Waals surface area (Å²) in [5.74, 6) is 1.56. The topological polar surface area (TPSA) is 80.3 Å².